The van der Waals surface area contributed by atoms with E-state index in [1.54, 1.807) is 0 Å². The normalized spacial score (nSPS) is 48.4. The smallest absolute Gasteiger partial charge is 0.118 e. The third-order valence-electron chi connectivity index (χ3n) is 2.67. The van der Waals surface area contributed by atoms with Gasteiger partial charge in [-0.05, 0) is 44.3 Å². The molecular formula is C17H27NO2. The minimum Gasteiger partial charge on any atom is -0.497 e. The van der Waals surface area contributed by atoms with Crippen molar-refractivity contribution in [2.75, 3.05) is 27.6 Å². The van der Waals surface area contributed by atoms with Crippen LogP contribution in [0.15, 0.2) is 24.2 Å². The van der Waals surface area contributed by atoms with Gasteiger partial charge >= 0.3 is 0 Å². The highest BCUT2D eigenvalue weighted by molar-refractivity contribution is 5.31. The van der Waals surface area contributed by atoms with Gasteiger partial charge in [0.1, 0.15) is 5.75 Å². The summed E-state index contributed by atoms with van der Waals surface area (Å²) in [6, 6.07) is -4.37. The quantitative estimate of drug-likeness (QED) is 0.907. The molecule has 0 amide bonds. The van der Waals surface area contributed by atoms with Gasteiger partial charge in [-0.3, -0.25) is 0 Å². The van der Waals surface area contributed by atoms with Crippen LogP contribution in [0.3, 0.4) is 0 Å². The highest BCUT2D eigenvalue weighted by atomic mass is 16.5. The molecule has 1 N–H and O–H groups in total. The van der Waals surface area contributed by atoms with Crippen LogP contribution in [-0.4, -0.2) is 43.2 Å². The highest BCUT2D eigenvalue weighted by Crippen LogP contribution is 2.40. The fourth-order valence-electron chi connectivity index (χ4n) is 1.69. The topological polar surface area (TPSA) is 32.7 Å². The maximum atomic E-state index is 12.0. The minimum absolute atomic E-state index is 0.334. The van der Waals surface area contributed by atoms with E-state index >= 15 is 0 Å². The second-order valence-corrected chi connectivity index (χ2v) is 4.00. The Bertz CT molecular complexity index is 1080. The Morgan fingerprint density at radius 3 is 2.55 bits per heavy atom. The summed E-state index contributed by atoms with van der Waals surface area (Å²) in [7, 11) is 0.962. The molecule has 1 aliphatic carbocycles. The monoisotopic (exact) mass is 297 g/mol. The molecule has 1 fully saturated rings. The van der Waals surface area contributed by atoms with E-state index in [0.717, 1.165) is 7.11 Å². The first-order valence-corrected chi connectivity index (χ1v) is 5.59. The standard InChI is InChI=1S/C17H27NO2/c1-18(2)13-16(17(19)11-5-4-6-12-17)14-7-9-15(20-3)10-8-14/h7-10,16,19H,4-6,11-13H2,1-3H3/t16-/m1/s1/i1D3,2D3,4D2,5D2,6D2,7D,8D,9D,10D,11D2,12D2. The summed E-state index contributed by atoms with van der Waals surface area (Å²) in [5, 5.41) is 12.0. The lowest BCUT2D eigenvalue weighted by Crippen LogP contribution is -2.42. The summed E-state index contributed by atoms with van der Waals surface area (Å²) in [5.74, 6) is -3.55. The van der Waals surface area contributed by atoms with E-state index in [1.165, 1.54) is 0 Å². The van der Waals surface area contributed by atoms with Crippen molar-refractivity contribution in [1.82, 2.24) is 4.90 Å². The molecule has 0 spiro atoms. The molecule has 0 saturated heterocycles. The lowest BCUT2D eigenvalue weighted by atomic mass is 9.72. The van der Waals surface area contributed by atoms with Gasteiger partial charge < -0.3 is 14.7 Å². The van der Waals surface area contributed by atoms with Gasteiger partial charge in [0.15, 0.2) is 0 Å². The maximum Gasteiger partial charge on any atom is 0.118 e. The van der Waals surface area contributed by atoms with Crippen molar-refractivity contribution in [3.8, 4) is 5.75 Å². The number of rotatable bonds is 5. The number of hydrogen-bond acceptors (Lipinski definition) is 3. The molecule has 0 aliphatic heterocycles. The Hall–Kier alpha value is -1.06. The van der Waals surface area contributed by atoms with Crippen LogP contribution in [-0.2, 0) is 0 Å². The minimum atomic E-state index is -4.27. The van der Waals surface area contributed by atoms with Gasteiger partial charge in [-0.15, -0.1) is 0 Å². The van der Waals surface area contributed by atoms with Gasteiger partial charge in [-0.25, -0.2) is 0 Å². The van der Waals surface area contributed by atoms with Crippen LogP contribution in [0.1, 0.15) is 70.8 Å². The predicted octanol–water partition coefficient (Wildman–Crippen LogP) is 3.04. The Kier molecular flexibility index (Phi) is 1.26. The van der Waals surface area contributed by atoms with Gasteiger partial charge in [0.25, 0.3) is 0 Å². The van der Waals surface area contributed by atoms with Crippen molar-refractivity contribution in [2.24, 2.45) is 0 Å². The van der Waals surface area contributed by atoms with Crippen molar-refractivity contribution < 1.29 is 37.3 Å². The Morgan fingerprint density at radius 1 is 1.35 bits per heavy atom. The number of methoxy groups -OCH3 is 1. The zero-order valence-corrected chi connectivity index (χ0v) is 10.6. The van der Waals surface area contributed by atoms with Crippen molar-refractivity contribution in [1.29, 1.82) is 0 Å². The molecule has 3 nitrogen and oxygen atoms in total. The molecule has 1 aromatic rings. The van der Waals surface area contributed by atoms with E-state index in [0.29, 0.717) is 0 Å². The second-order valence-electron chi connectivity index (χ2n) is 4.00. The fourth-order valence-corrected chi connectivity index (χ4v) is 1.69. The molecule has 0 heterocycles. The van der Waals surface area contributed by atoms with Crippen LogP contribution < -0.4 is 4.74 Å². The Balaban J connectivity index is 3.24. The third-order valence-corrected chi connectivity index (χ3v) is 2.67. The van der Waals surface area contributed by atoms with Crippen molar-refractivity contribution in [3.05, 3.63) is 29.7 Å². The summed E-state index contributed by atoms with van der Waals surface area (Å²) < 4.78 is 167. The van der Waals surface area contributed by atoms with Crippen LogP contribution >= 0.6 is 0 Å². The molecule has 1 saturated carbocycles. The first-order chi connectivity index (χ1) is 17.4. The number of hydrogen-bond donors (Lipinski definition) is 1. The van der Waals surface area contributed by atoms with Crippen LogP contribution in [0.5, 0.6) is 5.75 Å². The molecule has 2 rings (SSSR count). The van der Waals surface area contributed by atoms with E-state index in [2.05, 4.69) is 0 Å². The Labute approximate surface area is 150 Å². The lowest BCUT2D eigenvalue weighted by Gasteiger charge is -2.40. The molecule has 0 unspecified atom stereocenters. The zero-order chi connectivity index (χ0) is 32.0. The van der Waals surface area contributed by atoms with E-state index < -0.39 is 99.4 Å². The average Bonchev–Trinajstić information content (AvgIpc) is 2.76. The van der Waals surface area contributed by atoms with Crippen LogP contribution in [0, 0.1) is 0 Å². The number of ether oxygens (including phenoxy) is 1. The molecule has 20 heavy (non-hydrogen) atoms. The van der Waals surface area contributed by atoms with Gasteiger partial charge in [0.05, 0.1) is 18.2 Å². The molecule has 1 aliphatic rings. The number of benzene rings is 1. The predicted molar refractivity (Wildman–Crippen MR) is 82.3 cm³/mol. The lowest BCUT2D eigenvalue weighted by molar-refractivity contribution is -0.0277. The molecule has 0 aromatic heterocycles. The van der Waals surface area contributed by atoms with Crippen molar-refractivity contribution >= 4 is 0 Å². The van der Waals surface area contributed by atoms with Crippen molar-refractivity contribution in [2.45, 2.75) is 43.4 Å². The SMILES string of the molecule is [2H]c1c([2H])c([C@@H](CN(C([2H])([2H])[2H])C([2H])([2H])[2H])C2(O)C([2H])([2H])C([2H])([2H])C([2H])([2H])C([2H])([2H])C2([2H])[2H])c([2H])c([2H])c1OC. The summed E-state index contributed by atoms with van der Waals surface area (Å²) >= 11 is 0. The van der Waals surface area contributed by atoms with E-state index in [9.17, 15) is 5.11 Å². The summed E-state index contributed by atoms with van der Waals surface area (Å²) in [6.07, 6.45) is -20.7. The van der Waals surface area contributed by atoms with Crippen LogP contribution in [0.25, 0.3) is 0 Å². The fraction of sp³-hybridized carbons (Fsp3) is 0.647. The average molecular weight is 298 g/mol. The maximum absolute atomic E-state index is 12.0. The first kappa shape index (κ1) is 3.82. The summed E-state index contributed by atoms with van der Waals surface area (Å²) in [6.45, 7) is -8.95. The molecule has 1 atom stereocenters. The van der Waals surface area contributed by atoms with Gasteiger partial charge in [0, 0.05) is 34.4 Å². The van der Waals surface area contributed by atoms with E-state index in [1.807, 2.05) is 0 Å². The molecule has 1 aromatic carbocycles. The molecule has 112 valence electrons. The highest BCUT2D eigenvalue weighted by Gasteiger charge is 2.38. The second kappa shape index (κ2) is 6.59. The molecular weight excluding hydrogens is 250 g/mol. The van der Waals surface area contributed by atoms with Crippen LogP contribution in [0.4, 0.5) is 0 Å². The third kappa shape index (κ3) is 3.53. The molecule has 3 heteroatoms. The van der Waals surface area contributed by atoms with Gasteiger partial charge in [-0.1, -0.05) is 31.2 Å². The van der Waals surface area contributed by atoms with Crippen molar-refractivity contribution in [3.63, 3.8) is 0 Å². The number of aliphatic hydroxyl groups is 1. The Morgan fingerprint density at radius 2 is 2.00 bits per heavy atom. The number of nitrogens with zero attached hydrogens (tertiary/aromatic N) is 1. The molecule has 0 bridgehead atoms. The molecule has 0 radical (unpaired) electrons. The van der Waals surface area contributed by atoms with Gasteiger partial charge in [-0.2, -0.15) is 0 Å². The number of likely N-dealkylation sites (N-methyl/N-ethyl adjacent to an activating group) is 1. The van der Waals surface area contributed by atoms with E-state index in [4.69, 9.17) is 32.2 Å². The van der Waals surface area contributed by atoms with Crippen LogP contribution in [0.2, 0.25) is 0 Å². The summed E-state index contributed by atoms with van der Waals surface area (Å²) in [4.78, 5) is -0.334. The zero-order valence-electron chi connectivity index (χ0n) is 30.6. The largest absolute Gasteiger partial charge is 0.497 e. The van der Waals surface area contributed by atoms with Gasteiger partial charge in [0.2, 0.25) is 0 Å². The first-order valence-electron chi connectivity index (χ1n) is 15.6. The van der Waals surface area contributed by atoms with E-state index in [-0.39, 0.29) is 4.90 Å². The summed E-state index contributed by atoms with van der Waals surface area (Å²) in [5.41, 5.74) is -5.45.